The molecule has 0 unspecified atom stereocenters. The summed E-state index contributed by atoms with van der Waals surface area (Å²) in [5.74, 6) is -0.800. The van der Waals surface area contributed by atoms with Crippen LogP contribution in [0.3, 0.4) is 0 Å². The van der Waals surface area contributed by atoms with Crippen molar-refractivity contribution in [3.8, 4) is 0 Å². The van der Waals surface area contributed by atoms with Crippen molar-refractivity contribution >= 4 is 32.4 Å². The summed E-state index contributed by atoms with van der Waals surface area (Å²) in [5, 5.41) is 4.21. The molecule has 0 radical (unpaired) electrons. The molecule has 134 valence electrons. The van der Waals surface area contributed by atoms with Gasteiger partial charge in [0.1, 0.15) is 11.5 Å². The lowest BCUT2D eigenvalue weighted by molar-refractivity contribution is 0.0946. The van der Waals surface area contributed by atoms with Crippen LogP contribution in [0.4, 0.5) is 9.52 Å². The Labute approximate surface area is 153 Å². The van der Waals surface area contributed by atoms with Crippen LogP contribution in [0.15, 0.2) is 64.9 Å². The molecule has 3 rings (SSSR count). The number of sulfonamides is 1. The largest absolute Gasteiger partial charge is 0.347 e. The number of nitrogens with zero attached hydrogens (tertiary/aromatic N) is 1. The van der Waals surface area contributed by atoms with Crippen molar-refractivity contribution in [1.29, 1.82) is 0 Å². The number of hydrogen-bond acceptors (Lipinski definition) is 5. The van der Waals surface area contributed by atoms with Crippen molar-refractivity contribution in [2.45, 2.75) is 11.4 Å². The Kier molecular flexibility index (Phi) is 5.29. The van der Waals surface area contributed by atoms with E-state index in [1.54, 1.807) is 30.3 Å². The predicted octanol–water partition coefficient (Wildman–Crippen LogP) is 3.01. The smallest absolute Gasteiger partial charge is 0.271 e. The molecule has 0 spiro atoms. The van der Waals surface area contributed by atoms with Crippen molar-refractivity contribution in [3.63, 3.8) is 0 Å². The zero-order valence-electron chi connectivity index (χ0n) is 13.3. The Morgan fingerprint density at radius 1 is 1.08 bits per heavy atom. The lowest BCUT2D eigenvalue weighted by Gasteiger charge is -2.05. The van der Waals surface area contributed by atoms with Gasteiger partial charge in [0.05, 0.1) is 4.90 Å². The number of carbonyl (C=O) groups is 1. The zero-order chi connectivity index (χ0) is 18.6. The normalized spacial score (nSPS) is 11.1. The molecule has 0 bridgehead atoms. The maximum atomic E-state index is 12.9. The van der Waals surface area contributed by atoms with E-state index >= 15 is 0 Å². The van der Waals surface area contributed by atoms with E-state index in [4.69, 9.17) is 0 Å². The van der Waals surface area contributed by atoms with Gasteiger partial charge < -0.3 is 5.32 Å². The highest BCUT2D eigenvalue weighted by atomic mass is 32.2. The molecule has 0 saturated heterocycles. The van der Waals surface area contributed by atoms with Crippen LogP contribution in [0.1, 0.15) is 16.1 Å². The van der Waals surface area contributed by atoms with Crippen LogP contribution >= 0.6 is 11.3 Å². The number of halogens is 1. The lowest BCUT2D eigenvalue weighted by Crippen LogP contribution is -2.23. The van der Waals surface area contributed by atoms with Crippen LogP contribution in [0, 0.1) is 5.82 Å². The minimum absolute atomic E-state index is 0.0979. The monoisotopic (exact) mass is 391 g/mol. The average molecular weight is 391 g/mol. The van der Waals surface area contributed by atoms with Crippen molar-refractivity contribution < 1.29 is 17.6 Å². The molecule has 0 aliphatic heterocycles. The van der Waals surface area contributed by atoms with Crippen molar-refractivity contribution in [2.24, 2.45) is 0 Å². The molecule has 2 aromatic carbocycles. The highest BCUT2D eigenvalue weighted by molar-refractivity contribution is 7.93. The minimum Gasteiger partial charge on any atom is -0.347 e. The first-order chi connectivity index (χ1) is 12.4. The first-order valence-electron chi connectivity index (χ1n) is 7.50. The van der Waals surface area contributed by atoms with E-state index in [1.165, 1.54) is 29.6 Å². The van der Waals surface area contributed by atoms with E-state index in [1.807, 2.05) is 0 Å². The van der Waals surface area contributed by atoms with Gasteiger partial charge in [-0.2, -0.15) is 0 Å². The number of nitrogens with one attached hydrogen (secondary N) is 2. The SMILES string of the molecule is O=C(NCc1ccc(F)cc1)c1csc(NS(=O)(=O)c2ccccc2)n1. The highest BCUT2D eigenvalue weighted by Gasteiger charge is 2.17. The van der Waals surface area contributed by atoms with Crippen LogP contribution in [-0.4, -0.2) is 19.3 Å². The summed E-state index contributed by atoms with van der Waals surface area (Å²) < 4.78 is 39.7. The van der Waals surface area contributed by atoms with Crippen LogP contribution in [0.2, 0.25) is 0 Å². The molecule has 9 heteroatoms. The molecule has 2 N–H and O–H groups in total. The number of amides is 1. The summed E-state index contributed by atoms with van der Waals surface area (Å²) in [6.45, 7) is 0.210. The fourth-order valence-electron chi connectivity index (χ4n) is 2.07. The van der Waals surface area contributed by atoms with Crippen LogP contribution in [0.5, 0.6) is 0 Å². The Morgan fingerprint density at radius 3 is 2.46 bits per heavy atom. The summed E-state index contributed by atoms with van der Waals surface area (Å²) >= 11 is 1.01. The fraction of sp³-hybridized carbons (Fsp3) is 0.0588. The summed E-state index contributed by atoms with van der Waals surface area (Å²) in [7, 11) is -3.75. The number of carbonyl (C=O) groups excluding carboxylic acids is 1. The van der Waals surface area contributed by atoms with Crippen molar-refractivity contribution in [3.05, 3.63) is 77.1 Å². The summed E-state index contributed by atoms with van der Waals surface area (Å²) in [6.07, 6.45) is 0. The van der Waals surface area contributed by atoms with Gasteiger partial charge in [-0.25, -0.2) is 17.8 Å². The first kappa shape index (κ1) is 18.0. The Balaban J connectivity index is 1.64. The third-order valence-corrected chi connectivity index (χ3v) is 5.62. The Morgan fingerprint density at radius 2 is 1.77 bits per heavy atom. The Hall–Kier alpha value is -2.78. The van der Waals surface area contributed by atoms with Gasteiger partial charge in [-0.3, -0.25) is 9.52 Å². The first-order valence-corrected chi connectivity index (χ1v) is 9.86. The molecule has 26 heavy (non-hydrogen) atoms. The highest BCUT2D eigenvalue weighted by Crippen LogP contribution is 2.20. The summed E-state index contributed by atoms with van der Waals surface area (Å²) in [4.78, 5) is 16.2. The van der Waals surface area contributed by atoms with Gasteiger partial charge in [0.2, 0.25) is 0 Å². The number of thiazole rings is 1. The van der Waals surface area contributed by atoms with Crippen molar-refractivity contribution in [1.82, 2.24) is 10.3 Å². The van der Waals surface area contributed by atoms with Gasteiger partial charge in [-0.15, -0.1) is 11.3 Å². The molecule has 3 aromatic rings. The predicted molar refractivity (Wildman–Crippen MR) is 96.9 cm³/mol. The van der Waals surface area contributed by atoms with Gasteiger partial charge >= 0.3 is 0 Å². The molecular formula is C17H14FN3O3S2. The second-order valence-corrected chi connectivity index (χ2v) is 7.81. The third kappa shape index (κ3) is 4.44. The average Bonchev–Trinajstić information content (AvgIpc) is 3.09. The number of rotatable bonds is 6. The lowest BCUT2D eigenvalue weighted by atomic mass is 10.2. The molecule has 0 aliphatic carbocycles. The van der Waals surface area contributed by atoms with Crippen LogP contribution in [-0.2, 0) is 16.6 Å². The van der Waals surface area contributed by atoms with Gasteiger partial charge in [0.15, 0.2) is 5.13 Å². The molecule has 0 aliphatic rings. The minimum atomic E-state index is -3.75. The quantitative estimate of drug-likeness (QED) is 0.676. The van der Waals surface area contributed by atoms with Gasteiger partial charge in [-0.05, 0) is 29.8 Å². The second kappa shape index (κ2) is 7.63. The molecule has 1 amide bonds. The summed E-state index contributed by atoms with van der Waals surface area (Å²) in [5.41, 5.74) is 0.836. The van der Waals surface area contributed by atoms with E-state index < -0.39 is 15.9 Å². The van der Waals surface area contributed by atoms with E-state index in [-0.39, 0.29) is 28.1 Å². The number of benzene rings is 2. The van der Waals surface area contributed by atoms with E-state index in [0.29, 0.717) is 0 Å². The second-order valence-electron chi connectivity index (χ2n) is 5.27. The zero-order valence-corrected chi connectivity index (χ0v) is 15.0. The van der Waals surface area contributed by atoms with Gasteiger partial charge in [0, 0.05) is 11.9 Å². The van der Waals surface area contributed by atoms with Crippen LogP contribution < -0.4 is 10.0 Å². The molecule has 6 nitrogen and oxygen atoms in total. The van der Waals surface area contributed by atoms with Crippen molar-refractivity contribution in [2.75, 3.05) is 4.72 Å². The maximum absolute atomic E-state index is 12.9. The molecule has 1 aromatic heterocycles. The number of anilines is 1. The molecule has 0 saturated carbocycles. The Bertz CT molecular complexity index is 1000. The number of aromatic nitrogens is 1. The van der Waals surface area contributed by atoms with E-state index in [2.05, 4.69) is 15.0 Å². The topological polar surface area (TPSA) is 88.2 Å². The molecular weight excluding hydrogens is 377 g/mol. The third-order valence-electron chi connectivity index (χ3n) is 3.38. The van der Waals surface area contributed by atoms with Crippen LogP contribution in [0.25, 0.3) is 0 Å². The maximum Gasteiger partial charge on any atom is 0.271 e. The standard InChI is InChI=1S/C17H14FN3O3S2/c18-13-8-6-12(7-9-13)10-19-16(22)15-11-25-17(20-15)21-26(23,24)14-4-2-1-3-5-14/h1-9,11H,10H2,(H,19,22)(H,20,21). The number of hydrogen-bond donors (Lipinski definition) is 2. The molecule has 0 fully saturated rings. The van der Waals surface area contributed by atoms with Gasteiger partial charge in [0.25, 0.3) is 15.9 Å². The molecule has 1 heterocycles. The summed E-state index contributed by atoms with van der Waals surface area (Å²) in [6, 6.07) is 13.6. The fourth-order valence-corrected chi connectivity index (χ4v) is 4.04. The van der Waals surface area contributed by atoms with Gasteiger partial charge in [-0.1, -0.05) is 30.3 Å². The van der Waals surface area contributed by atoms with E-state index in [0.717, 1.165) is 16.9 Å². The molecule has 0 atom stereocenters. The van der Waals surface area contributed by atoms with E-state index in [9.17, 15) is 17.6 Å².